The van der Waals surface area contributed by atoms with Gasteiger partial charge in [-0.3, -0.25) is 4.79 Å². The molecule has 0 aliphatic heterocycles. The first-order valence-corrected chi connectivity index (χ1v) is 7.36. The summed E-state index contributed by atoms with van der Waals surface area (Å²) in [5, 5.41) is 9.40. The number of halogens is 1. The van der Waals surface area contributed by atoms with Crippen LogP contribution in [0.3, 0.4) is 0 Å². The van der Waals surface area contributed by atoms with Crippen LogP contribution in [0.2, 0.25) is 0 Å². The molecule has 104 valence electrons. The summed E-state index contributed by atoms with van der Waals surface area (Å²) in [5.41, 5.74) is 3.31. The lowest BCUT2D eigenvalue weighted by atomic mass is 9.92. The number of rotatable bonds is 5. The van der Waals surface area contributed by atoms with E-state index < -0.39 is 5.97 Å². The van der Waals surface area contributed by atoms with E-state index in [1.807, 2.05) is 55.5 Å². The molecule has 1 atom stereocenters. The molecule has 1 N–H and O–H groups in total. The highest BCUT2D eigenvalue weighted by Gasteiger charge is 2.18. The molecular weight excluding hydrogens is 316 g/mol. The fourth-order valence-corrected chi connectivity index (χ4v) is 2.42. The highest BCUT2D eigenvalue weighted by molar-refractivity contribution is 9.10. The van der Waals surface area contributed by atoms with Gasteiger partial charge in [0.1, 0.15) is 0 Å². The zero-order chi connectivity index (χ0) is 14.5. The lowest BCUT2D eigenvalue weighted by molar-refractivity contribution is -0.141. The van der Waals surface area contributed by atoms with Crippen molar-refractivity contribution in [1.82, 2.24) is 0 Å². The topological polar surface area (TPSA) is 37.3 Å². The first kappa shape index (κ1) is 14.8. The van der Waals surface area contributed by atoms with Gasteiger partial charge in [0.15, 0.2) is 0 Å². The van der Waals surface area contributed by atoms with Gasteiger partial charge in [-0.2, -0.15) is 0 Å². The minimum absolute atomic E-state index is 0.390. The number of aryl methyl sites for hydroxylation is 1. The van der Waals surface area contributed by atoms with E-state index in [4.69, 9.17) is 0 Å². The van der Waals surface area contributed by atoms with Crippen LogP contribution in [-0.2, 0) is 17.6 Å². The third kappa shape index (κ3) is 4.20. The van der Waals surface area contributed by atoms with Crippen LogP contribution in [-0.4, -0.2) is 11.1 Å². The molecular formula is C17H17BrO2. The second-order valence-corrected chi connectivity index (χ2v) is 5.97. The SMILES string of the molecule is Cc1ccc(CC(Cc2ccc(Br)cc2)C(=O)O)cc1. The molecule has 2 rings (SSSR count). The Labute approximate surface area is 127 Å². The highest BCUT2D eigenvalue weighted by Crippen LogP contribution is 2.18. The van der Waals surface area contributed by atoms with Crippen molar-refractivity contribution in [3.8, 4) is 0 Å². The standard InChI is InChI=1S/C17H17BrO2/c1-12-2-4-13(5-3-12)10-15(17(19)20)11-14-6-8-16(18)9-7-14/h2-9,15H,10-11H2,1H3,(H,19,20). The van der Waals surface area contributed by atoms with Crippen molar-refractivity contribution in [1.29, 1.82) is 0 Å². The predicted molar refractivity (Wildman–Crippen MR) is 83.9 cm³/mol. The lowest BCUT2D eigenvalue weighted by Crippen LogP contribution is -2.19. The Balaban J connectivity index is 2.09. The van der Waals surface area contributed by atoms with Crippen molar-refractivity contribution in [2.24, 2.45) is 5.92 Å². The Morgan fingerprint density at radius 3 is 1.90 bits per heavy atom. The molecule has 0 spiro atoms. The van der Waals surface area contributed by atoms with Crippen molar-refractivity contribution in [2.45, 2.75) is 19.8 Å². The van der Waals surface area contributed by atoms with Gasteiger partial charge in [0.05, 0.1) is 5.92 Å². The van der Waals surface area contributed by atoms with Gasteiger partial charge in [0.2, 0.25) is 0 Å². The van der Waals surface area contributed by atoms with Gasteiger partial charge in [0.25, 0.3) is 0 Å². The minimum Gasteiger partial charge on any atom is -0.481 e. The van der Waals surface area contributed by atoms with E-state index in [1.54, 1.807) is 0 Å². The van der Waals surface area contributed by atoms with Crippen LogP contribution < -0.4 is 0 Å². The Morgan fingerprint density at radius 2 is 1.45 bits per heavy atom. The third-order valence-corrected chi connectivity index (χ3v) is 3.88. The van der Waals surface area contributed by atoms with Gasteiger partial charge < -0.3 is 5.11 Å². The number of hydrogen-bond donors (Lipinski definition) is 1. The fourth-order valence-electron chi connectivity index (χ4n) is 2.16. The van der Waals surface area contributed by atoms with Gasteiger partial charge in [0, 0.05) is 4.47 Å². The average Bonchev–Trinajstić information content (AvgIpc) is 2.42. The Hall–Kier alpha value is -1.61. The Morgan fingerprint density at radius 1 is 1.00 bits per heavy atom. The van der Waals surface area contributed by atoms with Crippen molar-refractivity contribution >= 4 is 21.9 Å². The van der Waals surface area contributed by atoms with E-state index in [-0.39, 0.29) is 5.92 Å². The molecule has 0 fully saturated rings. The summed E-state index contributed by atoms with van der Waals surface area (Å²) in [6.45, 7) is 2.03. The van der Waals surface area contributed by atoms with Crippen LogP contribution in [0.4, 0.5) is 0 Å². The van der Waals surface area contributed by atoms with E-state index in [1.165, 1.54) is 5.56 Å². The largest absolute Gasteiger partial charge is 0.481 e. The highest BCUT2D eigenvalue weighted by atomic mass is 79.9. The summed E-state index contributed by atoms with van der Waals surface area (Å²) in [6, 6.07) is 15.9. The van der Waals surface area contributed by atoms with E-state index in [0.717, 1.165) is 15.6 Å². The molecule has 2 aromatic carbocycles. The van der Waals surface area contributed by atoms with E-state index in [9.17, 15) is 9.90 Å². The third-order valence-electron chi connectivity index (χ3n) is 3.35. The number of carboxylic acids is 1. The fraction of sp³-hybridized carbons (Fsp3) is 0.235. The van der Waals surface area contributed by atoms with Crippen molar-refractivity contribution in [3.63, 3.8) is 0 Å². The molecule has 2 aromatic rings. The van der Waals surface area contributed by atoms with Crippen LogP contribution in [0.1, 0.15) is 16.7 Å². The molecule has 0 amide bonds. The Bertz CT molecular complexity index is 525. The second kappa shape index (κ2) is 6.71. The van der Waals surface area contributed by atoms with Crippen molar-refractivity contribution in [2.75, 3.05) is 0 Å². The average molecular weight is 333 g/mol. The van der Waals surface area contributed by atoms with Crippen LogP contribution >= 0.6 is 15.9 Å². The molecule has 2 nitrogen and oxygen atoms in total. The summed E-state index contributed by atoms with van der Waals surface area (Å²) in [7, 11) is 0. The quantitative estimate of drug-likeness (QED) is 0.888. The van der Waals surface area contributed by atoms with E-state index >= 15 is 0 Å². The predicted octanol–water partition coefficient (Wildman–Crippen LogP) is 4.24. The van der Waals surface area contributed by atoms with Crippen LogP contribution in [0.5, 0.6) is 0 Å². The molecule has 20 heavy (non-hydrogen) atoms. The molecule has 1 unspecified atom stereocenters. The summed E-state index contributed by atoms with van der Waals surface area (Å²) in [4.78, 5) is 11.4. The molecule has 0 saturated carbocycles. The van der Waals surface area contributed by atoms with Crippen LogP contribution in [0, 0.1) is 12.8 Å². The molecule has 0 saturated heterocycles. The monoisotopic (exact) mass is 332 g/mol. The maximum Gasteiger partial charge on any atom is 0.307 e. The molecule has 0 aromatic heterocycles. The van der Waals surface area contributed by atoms with Gasteiger partial charge in [-0.25, -0.2) is 0 Å². The summed E-state index contributed by atoms with van der Waals surface area (Å²) < 4.78 is 1.01. The van der Waals surface area contributed by atoms with Gasteiger partial charge in [-0.15, -0.1) is 0 Å². The normalized spacial score (nSPS) is 12.1. The van der Waals surface area contributed by atoms with E-state index in [0.29, 0.717) is 12.8 Å². The first-order chi connectivity index (χ1) is 9.54. The molecule has 3 heteroatoms. The van der Waals surface area contributed by atoms with Crippen LogP contribution in [0.15, 0.2) is 53.0 Å². The Kier molecular flexibility index (Phi) is 4.96. The first-order valence-electron chi connectivity index (χ1n) is 6.57. The zero-order valence-corrected chi connectivity index (χ0v) is 12.9. The maximum atomic E-state index is 11.4. The molecule has 0 heterocycles. The van der Waals surface area contributed by atoms with Gasteiger partial charge in [-0.1, -0.05) is 57.9 Å². The number of carbonyl (C=O) groups is 1. The lowest BCUT2D eigenvalue weighted by Gasteiger charge is -2.13. The summed E-state index contributed by atoms with van der Waals surface area (Å²) in [6.07, 6.45) is 1.11. The molecule has 0 radical (unpaired) electrons. The summed E-state index contributed by atoms with van der Waals surface area (Å²) >= 11 is 3.38. The summed E-state index contributed by atoms with van der Waals surface area (Å²) in [5.74, 6) is -1.13. The number of hydrogen-bond acceptors (Lipinski definition) is 1. The molecule has 0 bridgehead atoms. The van der Waals surface area contributed by atoms with E-state index in [2.05, 4.69) is 15.9 Å². The molecule has 0 aliphatic rings. The van der Waals surface area contributed by atoms with Crippen molar-refractivity contribution < 1.29 is 9.90 Å². The van der Waals surface area contributed by atoms with Crippen molar-refractivity contribution in [3.05, 3.63) is 69.7 Å². The van der Waals surface area contributed by atoms with Gasteiger partial charge >= 0.3 is 5.97 Å². The number of aliphatic carboxylic acids is 1. The zero-order valence-electron chi connectivity index (χ0n) is 11.3. The maximum absolute atomic E-state index is 11.4. The number of benzene rings is 2. The van der Waals surface area contributed by atoms with Crippen LogP contribution in [0.25, 0.3) is 0 Å². The van der Waals surface area contributed by atoms with Gasteiger partial charge in [-0.05, 0) is 43.0 Å². The molecule has 0 aliphatic carbocycles. The number of carboxylic acid groups (broad SMARTS) is 1. The minimum atomic E-state index is -0.742. The smallest absolute Gasteiger partial charge is 0.307 e. The second-order valence-electron chi connectivity index (χ2n) is 5.06.